The summed E-state index contributed by atoms with van der Waals surface area (Å²) in [6.07, 6.45) is -0.364. The molecule has 2 aromatic rings. The molecule has 1 aliphatic heterocycles. The van der Waals surface area contributed by atoms with Gasteiger partial charge >= 0.3 is 5.97 Å². The molecule has 1 saturated heterocycles. The molecule has 28 heavy (non-hydrogen) atoms. The molecule has 3 unspecified atom stereocenters. The van der Waals surface area contributed by atoms with Gasteiger partial charge in [0.1, 0.15) is 11.9 Å². The van der Waals surface area contributed by atoms with Crippen LogP contribution in [-0.4, -0.2) is 48.1 Å². The maximum absolute atomic E-state index is 14.6. The van der Waals surface area contributed by atoms with Crippen molar-refractivity contribution in [3.8, 4) is 0 Å². The highest BCUT2D eigenvalue weighted by atomic mass is 32.2. The summed E-state index contributed by atoms with van der Waals surface area (Å²) in [5, 5.41) is 8.26. The van der Waals surface area contributed by atoms with Gasteiger partial charge < -0.3 is 15.7 Å². The Hall–Kier alpha value is -2.78. The largest absolute Gasteiger partial charge is 0.480 e. The molecule has 148 valence electrons. The molecule has 1 fully saturated rings. The number of amides is 1. The second-order valence-corrected chi connectivity index (χ2v) is 8.62. The van der Waals surface area contributed by atoms with Crippen LogP contribution in [0.15, 0.2) is 59.5 Å². The molecule has 0 aliphatic carbocycles. The van der Waals surface area contributed by atoms with Crippen molar-refractivity contribution >= 4 is 21.7 Å². The first-order chi connectivity index (χ1) is 13.3. The van der Waals surface area contributed by atoms with Gasteiger partial charge in [0.25, 0.3) is 0 Å². The molecular weight excluding hydrogens is 387 g/mol. The van der Waals surface area contributed by atoms with E-state index in [1.165, 1.54) is 42.5 Å². The predicted molar refractivity (Wildman–Crippen MR) is 98.5 cm³/mol. The molecule has 0 radical (unpaired) electrons. The lowest BCUT2D eigenvalue weighted by atomic mass is 10.0. The number of halogens is 1. The molecule has 0 bridgehead atoms. The first-order valence-electron chi connectivity index (χ1n) is 8.56. The second kappa shape index (κ2) is 7.69. The molecule has 0 aromatic heterocycles. The van der Waals surface area contributed by atoms with Gasteiger partial charge in [-0.05, 0) is 24.6 Å². The van der Waals surface area contributed by atoms with E-state index in [0.717, 1.165) is 11.0 Å². The van der Waals surface area contributed by atoms with Gasteiger partial charge in [-0.25, -0.2) is 17.6 Å². The number of nitrogens with two attached hydrogens (primary N) is 1. The SMILES string of the molecule is NCC(=O)N1C(C(=O)O)CC(S(=O)(=O)c2ccccc2)C1c1ccccc1F. The minimum absolute atomic E-state index is 0.0208. The number of carbonyl (C=O) groups is 2. The zero-order valence-electron chi connectivity index (χ0n) is 14.7. The topological polar surface area (TPSA) is 118 Å². The number of hydrogen-bond donors (Lipinski definition) is 2. The van der Waals surface area contributed by atoms with Crippen LogP contribution in [0.2, 0.25) is 0 Å². The van der Waals surface area contributed by atoms with Gasteiger partial charge in [0.05, 0.1) is 22.7 Å². The van der Waals surface area contributed by atoms with Crippen LogP contribution in [0.1, 0.15) is 18.0 Å². The van der Waals surface area contributed by atoms with Gasteiger partial charge in [-0.3, -0.25) is 4.79 Å². The molecule has 3 atom stereocenters. The van der Waals surface area contributed by atoms with Crippen molar-refractivity contribution in [2.45, 2.75) is 28.6 Å². The Morgan fingerprint density at radius 2 is 1.71 bits per heavy atom. The Balaban J connectivity index is 2.21. The maximum Gasteiger partial charge on any atom is 0.326 e. The summed E-state index contributed by atoms with van der Waals surface area (Å²) >= 11 is 0. The van der Waals surface area contributed by atoms with Gasteiger partial charge in [0, 0.05) is 5.56 Å². The quantitative estimate of drug-likeness (QED) is 0.774. The van der Waals surface area contributed by atoms with Gasteiger partial charge in [0.2, 0.25) is 5.91 Å². The van der Waals surface area contributed by atoms with Gasteiger partial charge in [-0.15, -0.1) is 0 Å². The number of carbonyl (C=O) groups excluding carboxylic acids is 1. The third kappa shape index (κ3) is 3.38. The van der Waals surface area contributed by atoms with Crippen LogP contribution in [0.5, 0.6) is 0 Å². The average Bonchev–Trinajstić information content (AvgIpc) is 3.10. The highest BCUT2D eigenvalue weighted by Gasteiger charge is 2.53. The van der Waals surface area contributed by atoms with E-state index >= 15 is 0 Å². The molecule has 9 heteroatoms. The monoisotopic (exact) mass is 406 g/mol. The van der Waals surface area contributed by atoms with Crippen LogP contribution in [0.3, 0.4) is 0 Å². The summed E-state index contributed by atoms with van der Waals surface area (Å²) in [6, 6.07) is 10.2. The fourth-order valence-corrected chi connectivity index (χ4v) is 5.57. The summed E-state index contributed by atoms with van der Waals surface area (Å²) in [6.45, 7) is -0.521. The normalized spacial score (nSPS) is 22.2. The van der Waals surface area contributed by atoms with Gasteiger partial charge in [-0.1, -0.05) is 36.4 Å². The number of likely N-dealkylation sites (tertiary alicyclic amines) is 1. The Labute approximate surface area is 161 Å². The lowest BCUT2D eigenvalue weighted by Crippen LogP contribution is -2.45. The van der Waals surface area contributed by atoms with Crippen LogP contribution in [0, 0.1) is 5.82 Å². The molecule has 1 amide bonds. The minimum atomic E-state index is -4.06. The Morgan fingerprint density at radius 3 is 2.29 bits per heavy atom. The van der Waals surface area contributed by atoms with Crippen molar-refractivity contribution in [2.75, 3.05) is 6.54 Å². The van der Waals surface area contributed by atoms with E-state index in [9.17, 15) is 27.5 Å². The summed E-state index contributed by atoms with van der Waals surface area (Å²) in [4.78, 5) is 25.1. The molecule has 7 nitrogen and oxygen atoms in total. The molecule has 3 rings (SSSR count). The van der Waals surface area contributed by atoms with Crippen LogP contribution in [-0.2, 0) is 19.4 Å². The maximum atomic E-state index is 14.6. The van der Waals surface area contributed by atoms with Crippen molar-refractivity contribution in [1.82, 2.24) is 4.90 Å². The van der Waals surface area contributed by atoms with E-state index in [4.69, 9.17) is 5.73 Å². The van der Waals surface area contributed by atoms with E-state index in [1.54, 1.807) is 6.07 Å². The summed E-state index contributed by atoms with van der Waals surface area (Å²) in [5.41, 5.74) is 5.37. The van der Waals surface area contributed by atoms with E-state index < -0.39 is 51.4 Å². The van der Waals surface area contributed by atoms with Gasteiger partial charge in [-0.2, -0.15) is 0 Å². The highest BCUT2D eigenvalue weighted by molar-refractivity contribution is 7.92. The molecule has 2 aromatic carbocycles. The Kier molecular flexibility index (Phi) is 5.48. The lowest BCUT2D eigenvalue weighted by molar-refractivity contribution is -0.149. The summed E-state index contributed by atoms with van der Waals surface area (Å²) in [7, 11) is -4.06. The number of sulfone groups is 1. The first-order valence-corrected chi connectivity index (χ1v) is 10.1. The lowest BCUT2D eigenvalue weighted by Gasteiger charge is -2.30. The van der Waals surface area contributed by atoms with E-state index in [-0.39, 0.29) is 16.9 Å². The molecule has 3 N–H and O–H groups in total. The van der Waals surface area contributed by atoms with Crippen LogP contribution >= 0.6 is 0 Å². The number of aliphatic carboxylic acids is 1. The molecule has 1 aliphatic rings. The summed E-state index contributed by atoms with van der Waals surface area (Å²) in [5.74, 6) is -2.85. The van der Waals surface area contributed by atoms with Crippen molar-refractivity contribution < 1.29 is 27.5 Å². The van der Waals surface area contributed by atoms with Crippen LogP contribution < -0.4 is 5.73 Å². The minimum Gasteiger partial charge on any atom is -0.480 e. The third-order valence-corrected chi connectivity index (χ3v) is 7.06. The first kappa shape index (κ1) is 20.0. The Morgan fingerprint density at radius 1 is 1.11 bits per heavy atom. The molecule has 1 heterocycles. The number of rotatable bonds is 5. The number of benzene rings is 2. The molecule has 0 spiro atoms. The summed E-state index contributed by atoms with van der Waals surface area (Å²) < 4.78 is 41.1. The van der Waals surface area contributed by atoms with E-state index in [0.29, 0.717) is 0 Å². The van der Waals surface area contributed by atoms with Crippen LogP contribution in [0.25, 0.3) is 0 Å². The number of carboxylic acids is 1. The fraction of sp³-hybridized carbons (Fsp3) is 0.263. The number of nitrogens with zero attached hydrogens (tertiary/aromatic N) is 1. The average molecular weight is 406 g/mol. The van der Waals surface area contributed by atoms with E-state index in [1.807, 2.05) is 0 Å². The number of carboxylic acid groups (broad SMARTS) is 1. The van der Waals surface area contributed by atoms with Crippen molar-refractivity contribution in [2.24, 2.45) is 5.73 Å². The highest BCUT2D eigenvalue weighted by Crippen LogP contribution is 2.43. The fourth-order valence-electron chi connectivity index (χ4n) is 3.64. The predicted octanol–water partition coefficient (Wildman–Crippen LogP) is 1.35. The van der Waals surface area contributed by atoms with Gasteiger partial charge in [0.15, 0.2) is 9.84 Å². The van der Waals surface area contributed by atoms with Crippen molar-refractivity contribution in [1.29, 1.82) is 0 Å². The molecule has 0 saturated carbocycles. The number of hydrogen-bond acceptors (Lipinski definition) is 5. The Bertz CT molecular complexity index is 996. The zero-order chi connectivity index (χ0) is 20.5. The molecular formula is C19H19FN2O5S. The smallest absolute Gasteiger partial charge is 0.326 e. The van der Waals surface area contributed by atoms with E-state index in [2.05, 4.69) is 0 Å². The third-order valence-electron chi connectivity index (χ3n) is 4.89. The zero-order valence-corrected chi connectivity index (χ0v) is 15.5. The standard InChI is InChI=1S/C19H19FN2O5S/c20-14-9-5-4-8-13(14)18-16(28(26,27)12-6-2-1-3-7-12)10-15(19(24)25)22(18)17(23)11-21/h1-9,15-16,18H,10-11,21H2,(H,24,25). The van der Waals surface area contributed by atoms with Crippen molar-refractivity contribution in [3.63, 3.8) is 0 Å². The van der Waals surface area contributed by atoms with Crippen molar-refractivity contribution in [3.05, 3.63) is 66.0 Å². The second-order valence-electron chi connectivity index (χ2n) is 6.46. The van der Waals surface area contributed by atoms with Crippen LogP contribution in [0.4, 0.5) is 4.39 Å².